The minimum atomic E-state index is 0.519. The molecule has 0 radical (unpaired) electrons. The SMILES string of the molecule is S=c1oc(-c2cccs2)cc(-c2ccccc2)c1-c1ccccc1. The zero-order valence-corrected chi connectivity index (χ0v) is 14.4. The van der Waals surface area contributed by atoms with Gasteiger partial charge in [-0.2, -0.15) is 0 Å². The highest BCUT2D eigenvalue weighted by atomic mass is 32.1. The fourth-order valence-electron chi connectivity index (χ4n) is 2.76. The van der Waals surface area contributed by atoms with Crippen LogP contribution in [-0.2, 0) is 0 Å². The van der Waals surface area contributed by atoms with Crippen LogP contribution in [-0.4, -0.2) is 0 Å². The Hall–Kier alpha value is -2.49. The maximum atomic E-state index is 5.99. The maximum absolute atomic E-state index is 5.99. The van der Waals surface area contributed by atoms with Crippen LogP contribution >= 0.6 is 23.6 Å². The van der Waals surface area contributed by atoms with Gasteiger partial charge in [-0.1, -0.05) is 66.7 Å². The van der Waals surface area contributed by atoms with Gasteiger partial charge in [-0.25, -0.2) is 0 Å². The van der Waals surface area contributed by atoms with Crippen molar-refractivity contribution in [2.24, 2.45) is 0 Å². The molecule has 4 aromatic rings. The third kappa shape index (κ3) is 2.84. The summed E-state index contributed by atoms with van der Waals surface area (Å²) in [5, 5.41) is 2.04. The Morgan fingerprint density at radius 1 is 0.750 bits per heavy atom. The largest absolute Gasteiger partial charge is 0.444 e. The molecule has 0 aliphatic heterocycles. The van der Waals surface area contributed by atoms with Crippen molar-refractivity contribution in [3.8, 4) is 32.9 Å². The smallest absolute Gasteiger partial charge is 0.199 e. The van der Waals surface area contributed by atoms with Crippen molar-refractivity contribution in [2.45, 2.75) is 0 Å². The summed E-state index contributed by atoms with van der Waals surface area (Å²) < 4.78 is 6.51. The Kier molecular flexibility index (Phi) is 4.11. The van der Waals surface area contributed by atoms with Crippen LogP contribution in [0, 0.1) is 4.71 Å². The van der Waals surface area contributed by atoms with Crippen molar-refractivity contribution in [1.29, 1.82) is 0 Å². The van der Waals surface area contributed by atoms with E-state index in [0.717, 1.165) is 32.9 Å². The quantitative estimate of drug-likeness (QED) is 0.368. The first-order valence-corrected chi connectivity index (χ1v) is 8.94. The molecule has 3 heteroatoms. The lowest BCUT2D eigenvalue weighted by Crippen LogP contribution is -1.88. The summed E-state index contributed by atoms with van der Waals surface area (Å²) >= 11 is 7.27. The van der Waals surface area contributed by atoms with Crippen LogP contribution in [0.15, 0.2) is 88.7 Å². The zero-order valence-electron chi connectivity index (χ0n) is 12.8. The van der Waals surface area contributed by atoms with E-state index in [1.807, 2.05) is 47.8 Å². The predicted molar refractivity (Wildman–Crippen MR) is 104 cm³/mol. The Bertz CT molecular complexity index is 1000. The Morgan fingerprint density at radius 3 is 2.04 bits per heavy atom. The van der Waals surface area contributed by atoms with Gasteiger partial charge < -0.3 is 4.42 Å². The molecular weight excluding hydrogens is 332 g/mol. The molecule has 2 aromatic heterocycles. The Balaban J connectivity index is 2.01. The van der Waals surface area contributed by atoms with E-state index in [0.29, 0.717) is 4.71 Å². The molecule has 0 aliphatic carbocycles. The fourth-order valence-corrected chi connectivity index (χ4v) is 3.75. The van der Waals surface area contributed by atoms with E-state index in [1.54, 1.807) is 11.3 Å². The molecule has 0 atom stereocenters. The second-order valence-corrected chi connectivity index (χ2v) is 6.71. The lowest BCUT2D eigenvalue weighted by Gasteiger charge is -2.12. The average molecular weight is 346 g/mol. The normalized spacial score (nSPS) is 10.7. The second kappa shape index (κ2) is 6.56. The molecule has 0 bridgehead atoms. The number of thiophene rings is 1. The summed E-state index contributed by atoms with van der Waals surface area (Å²) in [6, 6.07) is 26.7. The molecule has 0 aliphatic rings. The van der Waals surface area contributed by atoms with Crippen molar-refractivity contribution >= 4 is 23.6 Å². The fraction of sp³-hybridized carbons (Fsp3) is 0. The molecule has 116 valence electrons. The van der Waals surface area contributed by atoms with Crippen molar-refractivity contribution in [1.82, 2.24) is 0 Å². The van der Waals surface area contributed by atoms with Crippen molar-refractivity contribution in [3.63, 3.8) is 0 Å². The Morgan fingerprint density at radius 2 is 1.42 bits per heavy atom. The van der Waals surface area contributed by atoms with E-state index in [1.165, 1.54) is 0 Å². The van der Waals surface area contributed by atoms with Crippen molar-refractivity contribution in [2.75, 3.05) is 0 Å². The topological polar surface area (TPSA) is 13.1 Å². The van der Waals surface area contributed by atoms with Crippen LogP contribution < -0.4 is 0 Å². The van der Waals surface area contributed by atoms with Crippen LogP contribution in [0.2, 0.25) is 0 Å². The first kappa shape index (κ1) is 15.1. The second-order valence-electron chi connectivity index (χ2n) is 5.40. The number of hydrogen-bond acceptors (Lipinski definition) is 3. The molecule has 2 aromatic carbocycles. The van der Waals surface area contributed by atoms with Crippen molar-refractivity contribution in [3.05, 3.63) is 88.9 Å². The summed E-state index contributed by atoms with van der Waals surface area (Å²) in [6.45, 7) is 0. The van der Waals surface area contributed by atoms with Gasteiger partial charge in [0.05, 0.1) is 4.88 Å². The number of hydrogen-bond donors (Lipinski definition) is 0. The van der Waals surface area contributed by atoms with Crippen LogP contribution in [0.3, 0.4) is 0 Å². The van der Waals surface area contributed by atoms with Gasteiger partial charge >= 0.3 is 0 Å². The number of rotatable bonds is 3. The predicted octanol–water partition coefficient (Wildman–Crippen LogP) is 7.07. The Labute approximate surface area is 149 Å². The zero-order chi connectivity index (χ0) is 16.4. The molecule has 4 rings (SSSR count). The van der Waals surface area contributed by atoms with E-state index in [-0.39, 0.29) is 0 Å². The van der Waals surface area contributed by atoms with Gasteiger partial charge in [-0.3, -0.25) is 0 Å². The molecule has 0 saturated heterocycles. The monoisotopic (exact) mass is 346 g/mol. The number of benzene rings is 2. The molecule has 0 amide bonds. The van der Waals surface area contributed by atoms with E-state index >= 15 is 0 Å². The lowest BCUT2D eigenvalue weighted by molar-refractivity contribution is 0.554. The summed E-state index contributed by atoms with van der Waals surface area (Å²) in [4.78, 5) is 1.08. The minimum absolute atomic E-state index is 0.519. The molecule has 2 heterocycles. The molecule has 0 unspecified atom stereocenters. The van der Waals surface area contributed by atoms with Gasteiger partial charge in [0.2, 0.25) is 0 Å². The molecule has 0 saturated carbocycles. The van der Waals surface area contributed by atoms with E-state index in [4.69, 9.17) is 16.6 Å². The summed E-state index contributed by atoms with van der Waals surface area (Å²) in [5.41, 5.74) is 4.28. The summed E-state index contributed by atoms with van der Waals surface area (Å²) in [7, 11) is 0. The summed E-state index contributed by atoms with van der Waals surface area (Å²) in [6.07, 6.45) is 0. The van der Waals surface area contributed by atoms with Crippen molar-refractivity contribution < 1.29 is 4.42 Å². The van der Waals surface area contributed by atoms with Crippen LogP contribution in [0.25, 0.3) is 32.9 Å². The van der Waals surface area contributed by atoms with Gasteiger partial charge in [0.25, 0.3) is 0 Å². The van der Waals surface area contributed by atoms with Gasteiger partial charge in [0.1, 0.15) is 5.76 Å². The molecule has 24 heavy (non-hydrogen) atoms. The van der Waals surface area contributed by atoms with Gasteiger partial charge in [-0.15, -0.1) is 11.3 Å². The summed E-state index contributed by atoms with van der Waals surface area (Å²) in [5.74, 6) is 0.813. The van der Waals surface area contributed by atoms with Crippen LogP contribution in [0.5, 0.6) is 0 Å². The van der Waals surface area contributed by atoms with Crippen LogP contribution in [0.1, 0.15) is 0 Å². The average Bonchev–Trinajstić information content (AvgIpc) is 3.17. The molecule has 0 spiro atoms. The molecule has 0 fully saturated rings. The highest BCUT2D eigenvalue weighted by Gasteiger charge is 2.14. The van der Waals surface area contributed by atoms with Gasteiger partial charge in [0, 0.05) is 5.56 Å². The first-order valence-electron chi connectivity index (χ1n) is 7.66. The molecular formula is C21H14OS2. The third-order valence-corrected chi connectivity index (χ3v) is 5.03. The van der Waals surface area contributed by atoms with E-state index < -0.39 is 0 Å². The van der Waals surface area contributed by atoms with E-state index in [2.05, 4.69) is 36.4 Å². The first-order chi connectivity index (χ1) is 11.8. The van der Waals surface area contributed by atoms with Gasteiger partial charge in [0.15, 0.2) is 4.71 Å². The molecule has 0 N–H and O–H groups in total. The molecule has 1 nitrogen and oxygen atoms in total. The third-order valence-electron chi connectivity index (χ3n) is 3.86. The highest BCUT2D eigenvalue weighted by Crippen LogP contribution is 2.37. The highest BCUT2D eigenvalue weighted by molar-refractivity contribution is 7.71. The maximum Gasteiger partial charge on any atom is 0.199 e. The van der Waals surface area contributed by atoms with Crippen LogP contribution in [0.4, 0.5) is 0 Å². The minimum Gasteiger partial charge on any atom is -0.444 e. The lowest BCUT2D eigenvalue weighted by atomic mass is 9.96. The standard InChI is InChI=1S/C21H14OS2/c23-21-20(16-10-5-2-6-11-16)17(15-8-3-1-4-9-15)14-18(22-21)19-12-7-13-24-19/h1-14H. The van der Waals surface area contributed by atoms with E-state index in [9.17, 15) is 0 Å². The van der Waals surface area contributed by atoms with Gasteiger partial charge in [-0.05, 0) is 46.4 Å².